The molecule has 7 nitrogen and oxygen atoms in total. The van der Waals surface area contributed by atoms with Crippen molar-refractivity contribution in [3.63, 3.8) is 0 Å². The van der Waals surface area contributed by atoms with Gasteiger partial charge in [-0.15, -0.1) is 0 Å². The standard InChI is InChI=1S/C18H21BrN2O5S2/c1-13(14-4-10-17(11-5-14)27(2,23)24)20-18(22)12-21(28(3,25)26)16-8-6-15(19)7-9-16/h4-11,13H,12H2,1-3H3,(H,20,22)/t13-/m0/s1. The van der Waals surface area contributed by atoms with Crippen LogP contribution in [-0.4, -0.2) is 41.8 Å². The Morgan fingerprint density at radius 2 is 1.54 bits per heavy atom. The normalized spacial score (nSPS) is 13.0. The number of amides is 1. The van der Waals surface area contributed by atoms with Crippen LogP contribution < -0.4 is 9.62 Å². The van der Waals surface area contributed by atoms with Crippen LogP contribution in [0.25, 0.3) is 0 Å². The van der Waals surface area contributed by atoms with Crippen molar-refractivity contribution in [3.8, 4) is 0 Å². The van der Waals surface area contributed by atoms with Gasteiger partial charge in [-0.25, -0.2) is 16.8 Å². The van der Waals surface area contributed by atoms with E-state index >= 15 is 0 Å². The summed E-state index contributed by atoms with van der Waals surface area (Å²) in [4.78, 5) is 12.6. The van der Waals surface area contributed by atoms with E-state index < -0.39 is 31.8 Å². The van der Waals surface area contributed by atoms with Gasteiger partial charge in [-0.05, 0) is 48.9 Å². The summed E-state index contributed by atoms with van der Waals surface area (Å²) in [6.45, 7) is 1.37. The van der Waals surface area contributed by atoms with Crippen LogP contribution in [0.2, 0.25) is 0 Å². The average Bonchev–Trinajstić information content (AvgIpc) is 2.59. The van der Waals surface area contributed by atoms with Gasteiger partial charge in [-0.1, -0.05) is 28.1 Å². The molecule has 0 unspecified atom stereocenters. The third kappa shape index (κ3) is 6.05. The van der Waals surface area contributed by atoms with E-state index in [1.54, 1.807) is 43.3 Å². The smallest absolute Gasteiger partial charge is 0.241 e. The molecule has 0 bridgehead atoms. The van der Waals surface area contributed by atoms with Crippen LogP contribution in [0.1, 0.15) is 18.5 Å². The fourth-order valence-electron chi connectivity index (χ4n) is 2.51. The van der Waals surface area contributed by atoms with E-state index in [1.807, 2.05) is 0 Å². The highest BCUT2D eigenvalue weighted by molar-refractivity contribution is 9.10. The molecule has 0 saturated carbocycles. The number of carbonyl (C=O) groups excluding carboxylic acids is 1. The second-order valence-electron chi connectivity index (χ2n) is 6.38. The average molecular weight is 489 g/mol. The zero-order valence-electron chi connectivity index (χ0n) is 15.6. The maximum Gasteiger partial charge on any atom is 0.241 e. The number of anilines is 1. The second-order valence-corrected chi connectivity index (χ2v) is 11.2. The molecule has 0 aliphatic heterocycles. The van der Waals surface area contributed by atoms with Crippen LogP contribution in [0.15, 0.2) is 57.9 Å². The minimum Gasteiger partial charge on any atom is -0.348 e. The van der Waals surface area contributed by atoms with Crippen molar-refractivity contribution >= 4 is 47.4 Å². The summed E-state index contributed by atoms with van der Waals surface area (Å²) in [5.74, 6) is -0.479. The maximum atomic E-state index is 12.4. The lowest BCUT2D eigenvalue weighted by Gasteiger charge is -2.23. The largest absolute Gasteiger partial charge is 0.348 e. The Hall–Kier alpha value is -1.91. The first-order valence-electron chi connectivity index (χ1n) is 8.20. The molecule has 0 fully saturated rings. The molecule has 0 heterocycles. The van der Waals surface area contributed by atoms with Gasteiger partial charge in [0, 0.05) is 10.7 Å². The first kappa shape index (κ1) is 22.4. The third-order valence-electron chi connectivity index (χ3n) is 3.99. The van der Waals surface area contributed by atoms with Crippen LogP contribution in [0, 0.1) is 0 Å². The first-order chi connectivity index (χ1) is 12.9. The van der Waals surface area contributed by atoms with Crippen LogP contribution >= 0.6 is 15.9 Å². The van der Waals surface area contributed by atoms with Crippen molar-refractivity contribution < 1.29 is 21.6 Å². The van der Waals surface area contributed by atoms with Gasteiger partial charge in [0.1, 0.15) is 6.54 Å². The summed E-state index contributed by atoms with van der Waals surface area (Å²) < 4.78 is 49.1. The van der Waals surface area contributed by atoms with Gasteiger partial charge >= 0.3 is 0 Å². The number of carbonyl (C=O) groups is 1. The lowest BCUT2D eigenvalue weighted by Crippen LogP contribution is -2.41. The molecule has 0 saturated heterocycles. The van der Waals surface area contributed by atoms with Gasteiger partial charge in [0.2, 0.25) is 15.9 Å². The molecule has 1 amide bonds. The van der Waals surface area contributed by atoms with Crippen molar-refractivity contribution in [2.24, 2.45) is 0 Å². The molecule has 152 valence electrons. The molecule has 2 aromatic rings. The maximum absolute atomic E-state index is 12.4. The zero-order chi connectivity index (χ0) is 21.1. The molecular weight excluding hydrogens is 468 g/mol. The molecule has 2 rings (SSSR count). The molecule has 1 N–H and O–H groups in total. The molecule has 10 heteroatoms. The van der Waals surface area contributed by atoms with Crippen LogP contribution in [0.5, 0.6) is 0 Å². The summed E-state index contributed by atoms with van der Waals surface area (Å²) in [5, 5.41) is 2.73. The van der Waals surface area contributed by atoms with Crippen LogP contribution in [-0.2, 0) is 24.7 Å². The van der Waals surface area contributed by atoms with E-state index in [0.29, 0.717) is 11.3 Å². The summed E-state index contributed by atoms with van der Waals surface area (Å²) in [5.41, 5.74) is 1.08. The van der Waals surface area contributed by atoms with Crippen molar-refractivity contribution in [2.45, 2.75) is 17.9 Å². The Morgan fingerprint density at radius 3 is 2.00 bits per heavy atom. The molecule has 2 aromatic carbocycles. The molecule has 0 aliphatic rings. The minimum atomic E-state index is -3.66. The lowest BCUT2D eigenvalue weighted by molar-refractivity contribution is -0.120. The molecule has 1 atom stereocenters. The second kappa shape index (κ2) is 8.62. The van der Waals surface area contributed by atoms with Crippen molar-refractivity contribution in [2.75, 3.05) is 23.4 Å². The number of nitrogens with zero attached hydrogens (tertiary/aromatic N) is 1. The number of sulfone groups is 1. The minimum absolute atomic E-state index is 0.188. The van der Waals surface area contributed by atoms with E-state index in [9.17, 15) is 21.6 Å². The van der Waals surface area contributed by atoms with Crippen LogP contribution in [0.4, 0.5) is 5.69 Å². The first-order valence-corrected chi connectivity index (χ1v) is 12.7. The van der Waals surface area contributed by atoms with Crippen molar-refractivity contribution in [3.05, 3.63) is 58.6 Å². The van der Waals surface area contributed by atoms with E-state index in [2.05, 4.69) is 21.2 Å². The number of benzene rings is 2. The molecule has 0 radical (unpaired) electrons. The van der Waals surface area contributed by atoms with Crippen molar-refractivity contribution in [1.29, 1.82) is 0 Å². The third-order valence-corrected chi connectivity index (χ3v) is 6.79. The summed E-state index contributed by atoms with van der Waals surface area (Å²) in [6, 6.07) is 12.3. The van der Waals surface area contributed by atoms with Crippen molar-refractivity contribution in [1.82, 2.24) is 5.32 Å². The predicted molar refractivity (Wildman–Crippen MR) is 112 cm³/mol. The topological polar surface area (TPSA) is 101 Å². The molecule has 28 heavy (non-hydrogen) atoms. The van der Waals surface area contributed by atoms with E-state index in [0.717, 1.165) is 21.3 Å². The van der Waals surface area contributed by atoms with Gasteiger partial charge in [-0.2, -0.15) is 0 Å². The number of hydrogen-bond donors (Lipinski definition) is 1. The monoisotopic (exact) mass is 488 g/mol. The Labute approximate surface area is 173 Å². The molecule has 0 aromatic heterocycles. The SMILES string of the molecule is C[C@H](NC(=O)CN(c1ccc(Br)cc1)S(C)(=O)=O)c1ccc(S(C)(=O)=O)cc1. The lowest BCUT2D eigenvalue weighted by atomic mass is 10.1. The highest BCUT2D eigenvalue weighted by Gasteiger charge is 2.22. The molecule has 0 spiro atoms. The highest BCUT2D eigenvalue weighted by Crippen LogP contribution is 2.21. The number of halogens is 1. The van der Waals surface area contributed by atoms with E-state index in [4.69, 9.17) is 0 Å². The van der Waals surface area contributed by atoms with E-state index in [1.165, 1.54) is 12.1 Å². The molecule has 0 aliphatic carbocycles. The Kier molecular flexibility index (Phi) is 6.89. The predicted octanol–water partition coefficient (Wildman–Crippen LogP) is 2.50. The Morgan fingerprint density at radius 1 is 1.00 bits per heavy atom. The fourth-order valence-corrected chi connectivity index (χ4v) is 4.26. The number of rotatable bonds is 7. The van der Waals surface area contributed by atoms with Gasteiger partial charge < -0.3 is 5.32 Å². The van der Waals surface area contributed by atoms with Crippen LogP contribution in [0.3, 0.4) is 0 Å². The Balaban J connectivity index is 2.13. The summed E-state index contributed by atoms with van der Waals surface area (Å²) in [7, 11) is -6.96. The van der Waals surface area contributed by atoms with Gasteiger partial charge in [0.15, 0.2) is 9.84 Å². The van der Waals surface area contributed by atoms with Gasteiger partial charge in [0.05, 0.1) is 22.9 Å². The summed E-state index contributed by atoms with van der Waals surface area (Å²) in [6.07, 6.45) is 2.16. The quantitative estimate of drug-likeness (QED) is 0.644. The Bertz CT molecular complexity index is 1050. The zero-order valence-corrected chi connectivity index (χ0v) is 18.8. The fraction of sp³-hybridized carbons (Fsp3) is 0.278. The highest BCUT2D eigenvalue weighted by atomic mass is 79.9. The van der Waals surface area contributed by atoms with Gasteiger partial charge in [0.25, 0.3) is 0 Å². The molecular formula is C18H21BrN2O5S2. The number of nitrogens with one attached hydrogen (secondary N) is 1. The number of hydrogen-bond acceptors (Lipinski definition) is 5. The number of sulfonamides is 1. The van der Waals surface area contributed by atoms with E-state index in [-0.39, 0.29) is 11.4 Å². The summed E-state index contributed by atoms with van der Waals surface area (Å²) >= 11 is 3.29. The van der Waals surface area contributed by atoms with Gasteiger partial charge in [-0.3, -0.25) is 9.10 Å².